The molecule has 1 amide bonds. The number of likely N-dealkylation sites (tertiary alicyclic amines) is 1. The van der Waals surface area contributed by atoms with Crippen molar-refractivity contribution in [1.29, 1.82) is 0 Å². The van der Waals surface area contributed by atoms with Crippen LogP contribution in [-0.4, -0.2) is 48.3 Å². The van der Waals surface area contributed by atoms with Crippen LogP contribution in [0.3, 0.4) is 0 Å². The molecule has 1 heterocycles. The maximum absolute atomic E-state index is 13.0. The first-order valence-electron chi connectivity index (χ1n) is 6.95. The molecule has 4 nitrogen and oxygen atoms in total. The van der Waals surface area contributed by atoms with Gasteiger partial charge in [0, 0.05) is 13.7 Å². The monoisotopic (exact) mass is 317 g/mol. The minimum absolute atomic E-state index is 0.0578. The molecule has 0 spiro atoms. The van der Waals surface area contributed by atoms with Gasteiger partial charge in [-0.05, 0) is 18.1 Å². The molecule has 0 bridgehead atoms. The van der Waals surface area contributed by atoms with Crippen LogP contribution in [0.1, 0.15) is 17.5 Å². The SMILES string of the molecule is CO[C@@H]1C[C@@H](CO)N(C(=O)Cc2ccccc2C(F)(F)F)C1. The van der Waals surface area contributed by atoms with Crippen molar-refractivity contribution in [2.24, 2.45) is 0 Å². The lowest BCUT2D eigenvalue weighted by Gasteiger charge is -2.23. The number of halogens is 3. The Labute approximate surface area is 126 Å². The molecule has 1 aromatic carbocycles. The highest BCUT2D eigenvalue weighted by Gasteiger charge is 2.37. The van der Waals surface area contributed by atoms with E-state index in [0.717, 1.165) is 6.07 Å². The number of aliphatic hydroxyl groups is 1. The van der Waals surface area contributed by atoms with Crippen molar-refractivity contribution in [2.75, 3.05) is 20.3 Å². The number of amides is 1. The van der Waals surface area contributed by atoms with Gasteiger partial charge >= 0.3 is 6.18 Å². The Bertz CT molecular complexity index is 533. The van der Waals surface area contributed by atoms with Gasteiger partial charge in [0.2, 0.25) is 5.91 Å². The third kappa shape index (κ3) is 3.59. The normalized spacial score (nSPS) is 22.1. The maximum Gasteiger partial charge on any atom is 0.416 e. The van der Waals surface area contributed by atoms with Crippen molar-refractivity contribution in [2.45, 2.75) is 31.2 Å². The van der Waals surface area contributed by atoms with E-state index < -0.39 is 23.7 Å². The number of aliphatic hydroxyl groups excluding tert-OH is 1. The van der Waals surface area contributed by atoms with Crippen molar-refractivity contribution in [1.82, 2.24) is 4.90 Å². The van der Waals surface area contributed by atoms with Crippen LogP contribution in [0.5, 0.6) is 0 Å². The van der Waals surface area contributed by atoms with Gasteiger partial charge < -0.3 is 14.7 Å². The number of nitrogens with zero attached hydrogens (tertiary/aromatic N) is 1. The molecule has 22 heavy (non-hydrogen) atoms. The third-order valence-corrected chi connectivity index (χ3v) is 3.90. The number of hydrogen-bond acceptors (Lipinski definition) is 3. The number of carbonyl (C=O) groups is 1. The third-order valence-electron chi connectivity index (χ3n) is 3.90. The number of alkyl halides is 3. The van der Waals surface area contributed by atoms with Crippen molar-refractivity contribution < 1.29 is 27.8 Å². The molecule has 0 aliphatic carbocycles. The van der Waals surface area contributed by atoms with E-state index in [9.17, 15) is 23.1 Å². The maximum atomic E-state index is 13.0. The van der Waals surface area contributed by atoms with Crippen LogP contribution in [0.4, 0.5) is 13.2 Å². The van der Waals surface area contributed by atoms with Crippen LogP contribution in [0.15, 0.2) is 24.3 Å². The highest BCUT2D eigenvalue weighted by Crippen LogP contribution is 2.32. The first-order chi connectivity index (χ1) is 10.4. The van der Waals surface area contributed by atoms with Gasteiger partial charge in [-0.25, -0.2) is 0 Å². The number of rotatable bonds is 4. The van der Waals surface area contributed by atoms with E-state index in [0.29, 0.717) is 6.42 Å². The molecule has 1 aliphatic rings. The number of methoxy groups -OCH3 is 1. The summed E-state index contributed by atoms with van der Waals surface area (Å²) in [4.78, 5) is 13.7. The van der Waals surface area contributed by atoms with Gasteiger partial charge in [-0.15, -0.1) is 0 Å². The summed E-state index contributed by atoms with van der Waals surface area (Å²) in [5.41, 5.74) is -0.857. The van der Waals surface area contributed by atoms with E-state index >= 15 is 0 Å². The van der Waals surface area contributed by atoms with E-state index in [1.54, 1.807) is 0 Å². The van der Waals surface area contributed by atoms with Crippen LogP contribution in [0, 0.1) is 0 Å². The molecule has 0 unspecified atom stereocenters. The topological polar surface area (TPSA) is 49.8 Å². The van der Waals surface area contributed by atoms with Gasteiger partial charge in [0.25, 0.3) is 0 Å². The van der Waals surface area contributed by atoms with Crippen LogP contribution < -0.4 is 0 Å². The lowest BCUT2D eigenvalue weighted by atomic mass is 10.0. The van der Waals surface area contributed by atoms with Crippen LogP contribution in [0.25, 0.3) is 0 Å². The Balaban J connectivity index is 2.16. The van der Waals surface area contributed by atoms with Crippen molar-refractivity contribution in [3.05, 3.63) is 35.4 Å². The van der Waals surface area contributed by atoms with Gasteiger partial charge in [0.05, 0.1) is 30.7 Å². The summed E-state index contributed by atoms with van der Waals surface area (Å²) in [6.45, 7) is 0.0568. The van der Waals surface area contributed by atoms with Gasteiger partial charge in [0.1, 0.15) is 0 Å². The zero-order valence-electron chi connectivity index (χ0n) is 12.1. The fourth-order valence-electron chi connectivity index (χ4n) is 2.74. The van der Waals surface area contributed by atoms with E-state index in [1.807, 2.05) is 0 Å². The van der Waals surface area contributed by atoms with Crippen molar-refractivity contribution >= 4 is 5.91 Å². The minimum Gasteiger partial charge on any atom is -0.394 e. The number of benzene rings is 1. The second-order valence-electron chi connectivity index (χ2n) is 5.31. The zero-order valence-corrected chi connectivity index (χ0v) is 12.1. The van der Waals surface area contributed by atoms with Gasteiger partial charge in [-0.2, -0.15) is 13.2 Å². The lowest BCUT2D eigenvalue weighted by molar-refractivity contribution is -0.139. The predicted octanol–water partition coefficient (Wildman–Crippen LogP) is 1.86. The Hall–Kier alpha value is -1.60. The van der Waals surface area contributed by atoms with E-state index in [2.05, 4.69) is 0 Å². The summed E-state index contributed by atoms with van der Waals surface area (Å²) in [7, 11) is 1.51. The van der Waals surface area contributed by atoms with E-state index in [1.165, 1.54) is 30.2 Å². The Morgan fingerprint density at radius 3 is 2.68 bits per heavy atom. The largest absolute Gasteiger partial charge is 0.416 e. The highest BCUT2D eigenvalue weighted by atomic mass is 19.4. The molecule has 0 aromatic heterocycles. The smallest absolute Gasteiger partial charge is 0.394 e. The molecule has 122 valence electrons. The lowest BCUT2D eigenvalue weighted by Crippen LogP contribution is -2.39. The average Bonchev–Trinajstić information content (AvgIpc) is 2.90. The van der Waals surface area contributed by atoms with Crippen molar-refractivity contribution in [3.63, 3.8) is 0 Å². The van der Waals surface area contributed by atoms with Crippen LogP contribution >= 0.6 is 0 Å². The minimum atomic E-state index is -4.49. The molecule has 1 aliphatic heterocycles. The quantitative estimate of drug-likeness (QED) is 0.922. The van der Waals surface area contributed by atoms with Gasteiger partial charge in [-0.3, -0.25) is 4.79 Å². The number of carbonyl (C=O) groups excluding carboxylic acids is 1. The molecule has 1 saturated heterocycles. The number of hydrogen-bond donors (Lipinski definition) is 1. The molecule has 0 radical (unpaired) electrons. The molecular formula is C15H18F3NO3. The first-order valence-corrected chi connectivity index (χ1v) is 6.95. The summed E-state index contributed by atoms with van der Waals surface area (Å²) in [6, 6.07) is 4.63. The molecule has 2 atom stereocenters. The fraction of sp³-hybridized carbons (Fsp3) is 0.533. The van der Waals surface area contributed by atoms with E-state index in [4.69, 9.17) is 4.74 Å². The first kappa shape index (κ1) is 16.8. The number of ether oxygens (including phenoxy) is 1. The zero-order chi connectivity index (χ0) is 16.3. The standard InChI is InChI=1S/C15H18F3NO3/c1-22-12-7-11(9-20)19(8-12)14(21)6-10-4-2-3-5-13(10)15(16,17)18/h2-5,11-12,20H,6-9H2,1H3/t11-,12+/m0/s1. The van der Waals surface area contributed by atoms with Crippen LogP contribution in [0.2, 0.25) is 0 Å². The summed E-state index contributed by atoms with van der Waals surface area (Å²) >= 11 is 0. The predicted molar refractivity (Wildman–Crippen MR) is 73.1 cm³/mol. The Morgan fingerprint density at radius 2 is 2.09 bits per heavy atom. The molecular weight excluding hydrogens is 299 g/mol. The summed E-state index contributed by atoms with van der Waals surface area (Å²) < 4.78 is 44.0. The molecule has 1 aromatic rings. The average molecular weight is 317 g/mol. The van der Waals surface area contributed by atoms with Gasteiger partial charge in [0.15, 0.2) is 0 Å². The van der Waals surface area contributed by atoms with E-state index in [-0.39, 0.29) is 31.2 Å². The molecule has 1 fully saturated rings. The summed E-state index contributed by atoms with van der Waals surface area (Å²) in [5.74, 6) is -0.435. The molecule has 7 heteroatoms. The molecule has 2 rings (SSSR count). The summed E-state index contributed by atoms with van der Waals surface area (Å²) in [5, 5.41) is 9.32. The Morgan fingerprint density at radius 1 is 1.41 bits per heavy atom. The second kappa shape index (κ2) is 6.66. The Kier molecular flexibility index (Phi) is 5.08. The fourth-order valence-corrected chi connectivity index (χ4v) is 2.74. The second-order valence-corrected chi connectivity index (χ2v) is 5.31. The van der Waals surface area contributed by atoms with Gasteiger partial charge in [-0.1, -0.05) is 18.2 Å². The highest BCUT2D eigenvalue weighted by molar-refractivity contribution is 5.80. The summed E-state index contributed by atoms with van der Waals surface area (Å²) in [6.07, 6.45) is -4.55. The van der Waals surface area contributed by atoms with Crippen molar-refractivity contribution in [3.8, 4) is 0 Å². The molecule has 0 saturated carbocycles. The molecule has 1 N–H and O–H groups in total. The van der Waals surface area contributed by atoms with Crippen LogP contribution in [-0.2, 0) is 22.1 Å².